The summed E-state index contributed by atoms with van der Waals surface area (Å²) in [5.74, 6) is 0.227. The van der Waals surface area contributed by atoms with Crippen LogP contribution in [0.25, 0.3) is 11.0 Å². The van der Waals surface area contributed by atoms with Gasteiger partial charge in [-0.05, 0) is 42.8 Å². The lowest BCUT2D eigenvalue weighted by Gasteiger charge is -2.09. The van der Waals surface area contributed by atoms with Gasteiger partial charge in [-0.2, -0.15) is 0 Å². The molecule has 0 spiro atoms. The van der Waals surface area contributed by atoms with Gasteiger partial charge in [-0.25, -0.2) is 12.8 Å². The lowest BCUT2D eigenvalue weighted by molar-refractivity contribution is 0.495. The number of benzene rings is 1. The number of rotatable bonds is 2. The number of hydrogen-bond acceptors (Lipinski definition) is 3. The molecule has 0 aliphatic carbocycles. The highest BCUT2D eigenvalue weighted by molar-refractivity contribution is 7.91. The number of nitrogens with zero attached hydrogens (tertiary/aromatic N) is 1. The molecule has 0 saturated carbocycles. The minimum absolute atomic E-state index is 0.0840. The van der Waals surface area contributed by atoms with Crippen LogP contribution in [0.5, 0.6) is 0 Å². The molecule has 0 radical (unpaired) electrons. The summed E-state index contributed by atoms with van der Waals surface area (Å²) in [6.45, 7) is 0.559. The van der Waals surface area contributed by atoms with Crippen molar-refractivity contribution < 1.29 is 12.8 Å². The molecule has 1 fully saturated rings. The van der Waals surface area contributed by atoms with Crippen LogP contribution in [0.2, 0.25) is 0 Å². The van der Waals surface area contributed by atoms with E-state index in [4.69, 9.17) is 12.2 Å². The molecule has 1 unspecified atom stereocenters. The number of nitrogens with one attached hydrogen (secondary N) is 1. The average molecular weight is 300 g/mol. The van der Waals surface area contributed by atoms with E-state index in [-0.39, 0.29) is 23.2 Å². The maximum Gasteiger partial charge on any atom is 0.178 e. The van der Waals surface area contributed by atoms with Crippen molar-refractivity contribution in [1.29, 1.82) is 0 Å². The first-order valence-corrected chi connectivity index (χ1v) is 8.26. The topological polar surface area (TPSA) is 54.9 Å². The first kappa shape index (κ1) is 12.8. The molecular formula is C12H13FN2O2S2. The second kappa shape index (κ2) is 4.42. The van der Waals surface area contributed by atoms with Crippen LogP contribution in [0.4, 0.5) is 4.39 Å². The maximum atomic E-state index is 13.1. The van der Waals surface area contributed by atoms with E-state index in [1.165, 1.54) is 12.1 Å². The first-order chi connectivity index (χ1) is 8.94. The molecule has 1 aliphatic rings. The molecule has 3 rings (SSSR count). The number of aromatic nitrogens is 2. The fourth-order valence-corrected chi connectivity index (χ4v) is 4.72. The Kier molecular flexibility index (Phi) is 2.98. The Morgan fingerprint density at radius 2 is 2.26 bits per heavy atom. The summed E-state index contributed by atoms with van der Waals surface area (Å²) in [7, 11) is -2.89. The van der Waals surface area contributed by atoms with E-state index in [2.05, 4.69) is 4.98 Å². The van der Waals surface area contributed by atoms with Crippen LogP contribution in [0.3, 0.4) is 0 Å². The molecule has 1 saturated heterocycles. The van der Waals surface area contributed by atoms with Gasteiger partial charge in [0.25, 0.3) is 0 Å². The lowest BCUT2D eigenvalue weighted by Crippen LogP contribution is -2.12. The monoisotopic (exact) mass is 300 g/mol. The molecule has 7 heteroatoms. The second-order valence-corrected chi connectivity index (χ2v) is 7.59. The largest absolute Gasteiger partial charge is 0.330 e. The molecule has 1 N–H and O–H groups in total. The van der Waals surface area contributed by atoms with Gasteiger partial charge in [-0.15, -0.1) is 0 Å². The van der Waals surface area contributed by atoms with Gasteiger partial charge < -0.3 is 9.55 Å². The van der Waals surface area contributed by atoms with E-state index in [0.29, 0.717) is 23.3 Å². The zero-order valence-electron chi connectivity index (χ0n) is 10.1. The molecule has 1 aromatic carbocycles. The van der Waals surface area contributed by atoms with Crippen molar-refractivity contribution in [3.8, 4) is 0 Å². The van der Waals surface area contributed by atoms with E-state index in [9.17, 15) is 12.8 Å². The van der Waals surface area contributed by atoms with Crippen LogP contribution < -0.4 is 0 Å². The van der Waals surface area contributed by atoms with Crippen LogP contribution >= 0.6 is 12.2 Å². The minimum Gasteiger partial charge on any atom is -0.330 e. The van der Waals surface area contributed by atoms with E-state index in [0.717, 1.165) is 5.52 Å². The molecule has 0 amide bonds. The highest BCUT2D eigenvalue weighted by Crippen LogP contribution is 2.23. The van der Waals surface area contributed by atoms with Gasteiger partial charge in [0.1, 0.15) is 5.82 Å². The van der Waals surface area contributed by atoms with E-state index >= 15 is 0 Å². The van der Waals surface area contributed by atoms with Gasteiger partial charge in [-0.1, -0.05) is 0 Å². The predicted molar refractivity (Wildman–Crippen MR) is 73.8 cm³/mol. The van der Waals surface area contributed by atoms with E-state index in [1.807, 2.05) is 4.57 Å². The average Bonchev–Trinajstić information content (AvgIpc) is 2.80. The zero-order valence-corrected chi connectivity index (χ0v) is 11.7. The number of H-pyrrole nitrogens is 1. The molecule has 4 nitrogen and oxygen atoms in total. The fourth-order valence-electron chi connectivity index (χ4n) is 2.59. The predicted octanol–water partition coefficient (Wildman–Crippen LogP) is 2.27. The highest BCUT2D eigenvalue weighted by atomic mass is 32.2. The van der Waals surface area contributed by atoms with Crippen molar-refractivity contribution in [2.75, 3.05) is 11.5 Å². The number of imidazole rings is 1. The molecule has 102 valence electrons. The Morgan fingerprint density at radius 3 is 2.95 bits per heavy atom. The minimum atomic E-state index is -2.89. The number of aromatic amines is 1. The first-order valence-electron chi connectivity index (χ1n) is 6.03. The summed E-state index contributed by atoms with van der Waals surface area (Å²) < 4.78 is 38.4. The summed E-state index contributed by atoms with van der Waals surface area (Å²) in [6.07, 6.45) is 0.665. The molecule has 2 aromatic rings. The zero-order chi connectivity index (χ0) is 13.6. The third-order valence-corrected chi connectivity index (χ3v) is 5.66. The third kappa shape index (κ3) is 2.44. The van der Waals surface area contributed by atoms with Gasteiger partial charge in [0.05, 0.1) is 22.5 Å². The highest BCUT2D eigenvalue weighted by Gasteiger charge is 2.28. The Morgan fingerprint density at radius 1 is 1.47 bits per heavy atom. The lowest BCUT2D eigenvalue weighted by atomic mass is 10.1. The Bertz CT molecular complexity index is 792. The smallest absolute Gasteiger partial charge is 0.178 e. The van der Waals surface area contributed by atoms with Crippen molar-refractivity contribution in [3.05, 3.63) is 28.8 Å². The SMILES string of the molecule is O=S1(=O)CCC(Cn2c(=S)[nH]c3cc(F)ccc32)C1. The summed E-state index contributed by atoms with van der Waals surface area (Å²) in [5, 5.41) is 0. The molecule has 1 atom stereocenters. The van der Waals surface area contributed by atoms with Crippen LogP contribution in [-0.4, -0.2) is 29.5 Å². The van der Waals surface area contributed by atoms with Crippen molar-refractivity contribution in [2.24, 2.45) is 5.92 Å². The summed E-state index contributed by atoms with van der Waals surface area (Å²) >= 11 is 5.22. The molecule has 1 aliphatic heterocycles. The third-order valence-electron chi connectivity index (χ3n) is 3.50. The molecular weight excluding hydrogens is 287 g/mol. The van der Waals surface area contributed by atoms with E-state index < -0.39 is 9.84 Å². The van der Waals surface area contributed by atoms with Crippen LogP contribution in [0, 0.1) is 16.5 Å². The van der Waals surface area contributed by atoms with E-state index in [1.54, 1.807) is 6.07 Å². The Hall–Kier alpha value is -1.21. The summed E-state index contributed by atoms with van der Waals surface area (Å²) in [6, 6.07) is 4.44. The van der Waals surface area contributed by atoms with Crippen molar-refractivity contribution in [3.63, 3.8) is 0 Å². The summed E-state index contributed by atoms with van der Waals surface area (Å²) in [4.78, 5) is 2.95. The molecule has 0 bridgehead atoms. The van der Waals surface area contributed by atoms with Gasteiger partial charge in [0.2, 0.25) is 0 Å². The van der Waals surface area contributed by atoms with Crippen molar-refractivity contribution in [2.45, 2.75) is 13.0 Å². The number of sulfone groups is 1. The summed E-state index contributed by atoms with van der Waals surface area (Å²) in [5.41, 5.74) is 1.46. The number of halogens is 1. The Labute approximate surface area is 115 Å². The second-order valence-electron chi connectivity index (χ2n) is 4.97. The quantitative estimate of drug-likeness (QED) is 0.866. The van der Waals surface area contributed by atoms with Gasteiger partial charge in [0.15, 0.2) is 14.6 Å². The fraction of sp³-hybridized carbons (Fsp3) is 0.417. The standard InChI is InChI=1S/C12H13FN2O2S2/c13-9-1-2-11-10(5-9)14-12(18)15(11)6-8-3-4-19(16,17)7-8/h1-2,5,8H,3-4,6-7H2,(H,14,18). The van der Waals surface area contributed by atoms with Crippen molar-refractivity contribution >= 4 is 33.1 Å². The number of fused-ring (bicyclic) bond motifs is 1. The van der Waals surface area contributed by atoms with Crippen LogP contribution in [-0.2, 0) is 16.4 Å². The molecule has 2 heterocycles. The van der Waals surface area contributed by atoms with Gasteiger partial charge >= 0.3 is 0 Å². The van der Waals surface area contributed by atoms with Gasteiger partial charge in [0, 0.05) is 6.54 Å². The Balaban J connectivity index is 1.97. The number of hydrogen-bond donors (Lipinski definition) is 1. The molecule has 1 aromatic heterocycles. The van der Waals surface area contributed by atoms with Crippen LogP contribution in [0.15, 0.2) is 18.2 Å². The van der Waals surface area contributed by atoms with Crippen LogP contribution in [0.1, 0.15) is 6.42 Å². The van der Waals surface area contributed by atoms with Gasteiger partial charge in [-0.3, -0.25) is 0 Å². The van der Waals surface area contributed by atoms with Crippen molar-refractivity contribution in [1.82, 2.24) is 9.55 Å². The normalized spacial score (nSPS) is 22.1. The maximum absolute atomic E-state index is 13.1. The molecule has 19 heavy (non-hydrogen) atoms.